The normalized spacial score (nSPS) is 17.0. The molecule has 1 aromatic heterocycles. The number of likely N-dealkylation sites (N-methyl/N-ethyl adjacent to an activating group) is 1. The number of quaternary nitrogens is 1. The molecule has 0 aliphatic carbocycles. The fourth-order valence-electron chi connectivity index (χ4n) is 2.54. The van der Waals surface area contributed by atoms with Crippen LogP contribution in [0.25, 0.3) is 0 Å². The van der Waals surface area contributed by atoms with Gasteiger partial charge < -0.3 is 4.90 Å². The van der Waals surface area contributed by atoms with Crippen molar-refractivity contribution in [3.05, 3.63) is 44.9 Å². The van der Waals surface area contributed by atoms with Gasteiger partial charge in [-0.15, -0.1) is 0 Å². The third-order valence-corrected chi connectivity index (χ3v) is 5.20. The van der Waals surface area contributed by atoms with Gasteiger partial charge in [0, 0.05) is 6.42 Å². The smallest absolute Gasteiger partial charge is 0.259 e. The Labute approximate surface area is 141 Å². The van der Waals surface area contributed by atoms with Crippen molar-refractivity contribution in [3.63, 3.8) is 0 Å². The Morgan fingerprint density at radius 3 is 2.91 bits per heavy atom. The number of carbonyl (C=O) groups excluding carboxylic acids is 1. The number of anilines is 1. The second-order valence-electron chi connectivity index (χ2n) is 5.37. The zero-order valence-electron chi connectivity index (χ0n) is 12.4. The summed E-state index contributed by atoms with van der Waals surface area (Å²) < 4.78 is 26.4. The van der Waals surface area contributed by atoms with Gasteiger partial charge in [0.05, 0.1) is 34.2 Å². The first-order valence-corrected chi connectivity index (χ1v) is 8.45. The quantitative estimate of drug-likeness (QED) is 0.827. The molecule has 3 rings (SSSR count). The Kier molecular flexibility index (Phi) is 4.61. The second kappa shape index (κ2) is 6.51. The fraction of sp³-hybridized carbons (Fsp3) is 0.333. The molecular formula is C15H15ClF2N3OS+. The van der Waals surface area contributed by atoms with Crippen LogP contribution < -0.4 is 10.2 Å². The van der Waals surface area contributed by atoms with Crippen molar-refractivity contribution in [2.45, 2.75) is 19.9 Å². The van der Waals surface area contributed by atoms with Crippen molar-refractivity contribution in [3.8, 4) is 0 Å². The molecule has 4 nitrogen and oxygen atoms in total. The minimum atomic E-state index is -1.11. The number of fused-ring (bicyclic) bond motifs is 1. The summed E-state index contributed by atoms with van der Waals surface area (Å²) in [5.41, 5.74) is 0.887. The molecule has 0 bridgehead atoms. The van der Waals surface area contributed by atoms with Gasteiger partial charge in [-0.1, -0.05) is 22.9 Å². The first kappa shape index (κ1) is 16.3. The highest BCUT2D eigenvalue weighted by Crippen LogP contribution is 2.26. The highest BCUT2D eigenvalue weighted by molar-refractivity contribution is 7.15. The van der Waals surface area contributed by atoms with Crippen LogP contribution in [0.1, 0.15) is 27.9 Å². The molecule has 8 heteroatoms. The standard InChI is InChI=1S/C15H14ClF2N3OS/c1-2-21-4-3-12-13(7-21)23-15(19-12)20-14(22)8-5-10(17)11(18)6-9(8)16/h5-6H,2-4,7H2,1H3,(H,19,20,22)/p+1. The molecule has 1 unspecified atom stereocenters. The number of thiazole rings is 1. The van der Waals surface area contributed by atoms with Crippen LogP contribution in [0.2, 0.25) is 5.02 Å². The predicted octanol–water partition coefficient (Wildman–Crippen LogP) is 2.29. The lowest BCUT2D eigenvalue weighted by Crippen LogP contribution is -3.11. The van der Waals surface area contributed by atoms with Crippen LogP contribution in [0.4, 0.5) is 13.9 Å². The number of amides is 1. The molecule has 1 atom stereocenters. The van der Waals surface area contributed by atoms with E-state index in [9.17, 15) is 13.6 Å². The molecule has 1 amide bonds. The number of hydrogen-bond donors (Lipinski definition) is 2. The lowest BCUT2D eigenvalue weighted by molar-refractivity contribution is -0.913. The van der Waals surface area contributed by atoms with Crippen molar-refractivity contribution >= 4 is 34.0 Å². The molecule has 0 spiro atoms. The maximum atomic E-state index is 13.3. The molecule has 2 N–H and O–H groups in total. The first-order chi connectivity index (χ1) is 11.0. The van der Waals surface area contributed by atoms with Crippen LogP contribution in [0, 0.1) is 11.6 Å². The van der Waals surface area contributed by atoms with Crippen LogP contribution in [0.5, 0.6) is 0 Å². The van der Waals surface area contributed by atoms with Crippen LogP contribution in [-0.2, 0) is 13.0 Å². The Morgan fingerprint density at radius 1 is 1.43 bits per heavy atom. The summed E-state index contributed by atoms with van der Waals surface area (Å²) in [6.45, 7) is 5.10. The van der Waals surface area contributed by atoms with E-state index in [0.29, 0.717) is 5.13 Å². The van der Waals surface area contributed by atoms with E-state index in [1.807, 2.05) is 0 Å². The average Bonchev–Trinajstić information content (AvgIpc) is 2.91. The lowest BCUT2D eigenvalue weighted by atomic mass is 10.2. The van der Waals surface area contributed by atoms with E-state index in [0.717, 1.165) is 48.8 Å². The first-order valence-electron chi connectivity index (χ1n) is 7.26. The summed E-state index contributed by atoms with van der Waals surface area (Å²) in [5.74, 6) is -2.79. The number of hydrogen-bond acceptors (Lipinski definition) is 3. The minimum absolute atomic E-state index is 0.112. The van der Waals surface area contributed by atoms with Gasteiger partial charge in [0.2, 0.25) is 0 Å². The van der Waals surface area contributed by atoms with Crippen molar-refractivity contribution < 1.29 is 18.5 Å². The molecule has 0 radical (unpaired) electrons. The molecule has 1 aromatic carbocycles. The number of rotatable bonds is 3. The van der Waals surface area contributed by atoms with Gasteiger partial charge >= 0.3 is 0 Å². The molecule has 1 aliphatic heterocycles. The number of benzene rings is 1. The average molecular weight is 359 g/mol. The summed E-state index contributed by atoms with van der Waals surface area (Å²) in [4.78, 5) is 19.3. The summed E-state index contributed by atoms with van der Waals surface area (Å²) >= 11 is 7.23. The van der Waals surface area contributed by atoms with Crippen LogP contribution in [0.15, 0.2) is 12.1 Å². The summed E-state index contributed by atoms with van der Waals surface area (Å²) in [7, 11) is 0. The van der Waals surface area contributed by atoms with Crippen molar-refractivity contribution in [2.75, 3.05) is 18.4 Å². The number of nitrogens with one attached hydrogen (secondary N) is 2. The number of carbonyl (C=O) groups is 1. The SMILES string of the molecule is CC[NH+]1CCc2nc(NC(=O)c3cc(F)c(F)cc3Cl)sc2C1. The zero-order chi connectivity index (χ0) is 16.6. The predicted molar refractivity (Wildman–Crippen MR) is 85.2 cm³/mol. The van der Waals surface area contributed by atoms with Crippen LogP contribution in [0.3, 0.4) is 0 Å². The number of halogens is 3. The van der Waals surface area contributed by atoms with Gasteiger partial charge in [-0.2, -0.15) is 0 Å². The molecule has 2 heterocycles. The van der Waals surface area contributed by atoms with E-state index in [1.54, 1.807) is 0 Å². The van der Waals surface area contributed by atoms with E-state index >= 15 is 0 Å². The Morgan fingerprint density at radius 2 is 2.17 bits per heavy atom. The molecule has 23 heavy (non-hydrogen) atoms. The van der Waals surface area contributed by atoms with Gasteiger partial charge in [-0.25, -0.2) is 13.8 Å². The largest absolute Gasteiger partial charge is 0.330 e. The van der Waals surface area contributed by atoms with Gasteiger partial charge in [0.1, 0.15) is 6.54 Å². The highest BCUT2D eigenvalue weighted by Gasteiger charge is 2.24. The van der Waals surface area contributed by atoms with Gasteiger partial charge in [-0.05, 0) is 19.1 Å². The Hall–Kier alpha value is -1.57. The molecule has 0 saturated heterocycles. The van der Waals surface area contributed by atoms with Gasteiger partial charge in [-0.3, -0.25) is 10.1 Å². The third-order valence-electron chi connectivity index (χ3n) is 3.88. The Bertz CT molecular complexity index is 765. The topological polar surface area (TPSA) is 46.4 Å². The van der Waals surface area contributed by atoms with Crippen molar-refractivity contribution in [1.29, 1.82) is 0 Å². The molecule has 1 aliphatic rings. The molecule has 2 aromatic rings. The van der Waals surface area contributed by atoms with Crippen molar-refractivity contribution in [1.82, 2.24) is 4.98 Å². The maximum Gasteiger partial charge on any atom is 0.259 e. The van der Waals surface area contributed by atoms with Crippen LogP contribution >= 0.6 is 22.9 Å². The zero-order valence-corrected chi connectivity index (χ0v) is 14.0. The summed E-state index contributed by atoms with van der Waals surface area (Å²) in [6.07, 6.45) is 0.872. The van der Waals surface area contributed by atoms with E-state index in [-0.39, 0.29) is 10.6 Å². The van der Waals surface area contributed by atoms with Gasteiger partial charge in [0.15, 0.2) is 16.8 Å². The molecule has 0 saturated carbocycles. The van der Waals surface area contributed by atoms with Gasteiger partial charge in [0.25, 0.3) is 5.91 Å². The highest BCUT2D eigenvalue weighted by atomic mass is 35.5. The molecular weight excluding hydrogens is 344 g/mol. The van der Waals surface area contributed by atoms with E-state index in [2.05, 4.69) is 17.2 Å². The van der Waals surface area contributed by atoms with E-state index in [1.165, 1.54) is 16.2 Å². The van der Waals surface area contributed by atoms with Crippen molar-refractivity contribution in [2.24, 2.45) is 0 Å². The van der Waals surface area contributed by atoms with Crippen LogP contribution in [-0.4, -0.2) is 24.0 Å². The number of aromatic nitrogens is 1. The van der Waals surface area contributed by atoms with E-state index < -0.39 is 17.5 Å². The second-order valence-corrected chi connectivity index (χ2v) is 6.86. The summed E-state index contributed by atoms with van der Waals surface area (Å²) in [5, 5.41) is 2.94. The molecule has 122 valence electrons. The summed E-state index contributed by atoms with van der Waals surface area (Å²) in [6, 6.07) is 1.59. The van der Waals surface area contributed by atoms with E-state index in [4.69, 9.17) is 11.6 Å². The fourth-order valence-corrected chi connectivity index (χ4v) is 3.85. The Balaban J connectivity index is 1.79. The molecule has 0 fully saturated rings. The minimum Gasteiger partial charge on any atom is -0.330 e. The third kappa shape index (κ3) is 3.36. The number of nitrogens with zero attached hydrogens (tertiary/aromatic N) is 1. The lowest BCUT2D eigenvalue weighted by Gasteiger charge is -2.20. The maximum absolute atomic E-state index is 13.3. The monoisotopic (exact) mass is 358 g/mol.